The Morgan fingerprint density at radius 3 is 2.56 bits per heavy atom. The molecule has 1 atom stereocenters. The van der Waals surface area contributed by atoms with Crippen molar-refractivity contribution in [2.75, 3.05) is 13.6 Å². The van der Waals surface area contributed by atoms with Gasteiger partial charge in [-0.05, 0) is 48.8 Å². The number of rotatable bonds is 11. The summed E-state index contributed by atoms with van der Waals surface area (Å²) in [5.74, 6) is 0.589. The van der Waals surface area contributed by atoms with Gasteiger partial charge in [0.1, 0.15) is 5.76 Å². The zero-order chi connectivity index (χ0) is 24.2. The van der Waals surface area contributed by atoms with Crippen molar-refractivity contribution in [2.24, 2.45) is 0 Å². The van der Waals surface area contributed by atoms with Crippen molar-refractivity contribution in [3.8, 4) is 11.3 Å². The van der Waals surface area contributed by atoms with Crippen molar-refractivity contribution in [1.82, 2.24) is 14.6 Å². The average molecular weight is 483 g/mol. The first-order valence-electron chi connectivity index (χ1n) is 12.1. The summed E-state index contributed by atoms with van der Waals surface area (Å²) in [5, 5.41) is 3.40. The average Bonchev–Trinajstić information content (AvgIpc) is 3.63. The van der Waals surface area contributed by atoms with Crippen LogP contribution in [0.1, 0.15) is 79.0 Å². The highest BCUT2D eigenvalue weighted by atomic mass is 32.2. The van der Waals surface area contributed by atoms with Crippen molar-refractivity contribution >= 4 is 28.3 Å². The predicted molar refractivity (Wildman–Crippen MR) is 133 cm³/mol. The number of furan rings is 1. The van der Waals surface area contributed by atoms with Crippen LogP contribution in [0.4, 0.5) is 0 Å². The molecule has 0 spiro atoms. The molecule has 1 amide bonds. The second-order valence-corrected chi connectivity index (χ2v) is 9.83. The number of nitrogens with one attached hydrogen (secondary N) is 1. The zero-order valence-corrected chi connectivity index (χ0v) is 20.9. The van der Waals surface area contributed by atoms with Gasteiger partial charge in [-0.15, -0.1) is 0 Å². The molecule has 182 valence electrons. The van der Waals surface area contributed by atoms with E-state index in [0.29, 0.717) is 40.6 Å². The highest BCUT2D eigenvalue weighted by Gasteiger charge is 2.31. The van der Waals surface area contributed by atoms with Gasteiger partial charge in [0.2, 0.25) is 5.71 Å². The molecule has 0 radical (unpaired) electrons. The zero-order valence-electron chi connectivity index (χ0n) is 20.1. The highest BCUT2D eigenvalue weighted by molar-refractivity contribution is 7.76. The largest absolute Gasteiger partial charge is 0.760 e. The van der Waals surface area contributed by atoms with Gasteiger partial charge in [0, 0.05) is 30.4 Å². The molecule has 1 fully saturated rings. The van der Waals surface area contributed by atoms with Gasteiger partial charge in [-0.1, -0.05) is 51.0 Å². The number of amides is 1. The maximum Gasteiger partial charge on any atom is 0.255 e. The van der Waals surface area contributed by atoms with Crippen LogP contribution in [-0.2, 0) is 24.2 Å². The lowest BCUT2D eigenvalue weighted by atomic mass is 10.0. The second-order valence-electron chi connectivity index (χ2n) is 8.87. The van der Waals surface area contributed by atoms with Crippen LogP contribution in [0.2, 0.25) is 0 Å². The number of benzene rings is 1. The summed E-state index contributed by atoms with van der Waals surface area (Å²) < 4.78 is 31.4. The van der Waals surface area contributed by atoms with Crippen LogP contribution in [0, 0.1) is 0 Å². The Morgan fingerprint density at radius 2 is 1.97 bits per heavy atom. The van der Waals surface area contributed by atoms with E-state index in [1.807, 2.05) is 30.3 Å². The van der Waals surface area contributed by atoms with E-state index >= 15 is 0 Å². The normalized spacial score (nSPS) is 14.6. The Hall–Kier alpha value is -2.55. The molecule has 3 aromatic rings. The Morgan fingerprint density at radius 1 is 1.24 bits per heavy atom. The van der Waals surface area contributed by atoms with Crippen LogP contribution in [0.5, 0.6) is 0 Å². The van der Waals surface area contributed by atoms with E-state index < -0.39 is 11.3 Å². The van der Waals surface area contributed by atoms with Crippen molar-refractivity contribution < 1.29 is 18.0 Å². The van der Waals surface area contributed by atoms with Crippen molar-refractivity contribution in [3.05, 3.63) is 52.7 Å². The number of hydrogen-bond acceptors (Lipinski definition) is 5. The van der Waals surface area contributed by atoms with Crippen LogP contribution < -0.4 is 5.32 Å². The molecule has 1 saturated carbocycles. The fourth-order valence-corrected chi connectivity index (χ4v) is 4.81. The van der Waals surface area contributed by atoms with Gasteiger partial charge in [0.15, 0.2) is 0 Å². The molecule has 8 heteroatoms. The molecule has 2 heterocycles. The Kier molecular flexibility index (Phi) is 7.80. The van der Waals surface area contributed by atoms with Crippen LogP contribution in [0.25, 0.3) is 22.4 Å². The molecular formula is C26H32N3O4S-. The summed E-state index contributed by atoms with van der Waals surface area (Å²) in [6.07, 6.45) is 5.81. The van der Waals surface area contributed by atoms with Gasteiger partial charge >= 0.3 is 0 Å². The first-order chi connectivity index (χ1) is 16.5. The molecular weight excluding hydrogens is 450 g/mol. The number of hydrogen-bond donors (Lipinski definition) is 1. The molecule has 7 nitrogen and oxygen atoms in total. The number of nitrogens with zero attached hydrogens (tertiary/aromatic N) is 2. The summed E-state index contributed by atoms with van der Waals surface area (Å²) in [4.78, 5) is 17.7. The number of pyridine rings is 1. The number of carbonyl (C=O) groups excluding carboxylic acids is 1. The molecule has 1 aromatic carbocycles. The van der Waals surface area contributed by atoms with Crippen molar-refractivity contribution in [1.29, 1.82) is 0 Å². The second kappa shape index (κ2) is 10.8. The minimum absolute atomic E-state index is 0.206. The summed E-state index contributed by atoms with van der Waals surface area (Å²) in [7, 11) is 1.60. The van der Waals surface area contributed by atoms with Crippen LogP contribution in [0.3, 0.4) is 0 Å². The molecule has 1 aliphatic rings. The van der Waals surface area contributed by atoms with Crippen LogP contribution in [0.15, 0.2) is 34.7 Å². The first kappa shape index (κ1) is 24.6. The highest BCUT2D eigenvalue weighted by Crippen LogP contribution is 2.44. The predicted octanol–water partition coefficient (Wildman–Crippen LogP) is 5.08. The molecule has 1 aliphatic carbocycles. The molecule has 4 rings (SSSR count). The first-order valence-corrected chi connectivity index (χ1v) is 13.1. The molecule has 0 aliphatic heterocycles. The topological polar surface area (TPSA) is 98.5 Å². The monoisotopic (exact) mass is 482 g/mol. The molecule has 1 unspecified atom stereocenters. The third-order valence-corrected chi connectivity index (χ3v) is 7.17. The van der Waals surface area contributed by atoms with Gasteiger partial charge in [-0.2, -0.15) is 0 Å². The number of aryl methyl sites for hydroxylation is 1. The Labute approximate surface area is 203 Å². The number of carbonyl (C=O) groups is 1. The van der Waals surface area contributed by atoms with Gasteiger partial charge in [-0.25, -0.2) is 9.29 Å². The molecule has 0 saturated heterocycles. The van der Waals surface area contributed by atoms with E-state index in [9.17, 15) is 13.6 Å². The van der Waals surface area contributed by atoms with E-state index in [1.54, 1.807) is 7.05 Å². The van der Waals surface area contributed by atoms with Gasteiger partial charge in [0.25, 0.3) is 5.91 Å². The minimum atomic E-state index is -2.33. The number of aromatic nitrogens is 1. The summed E-state index contributed by atoms with van der Waals surface area (Å²) in [5.41, 5.74) is 4.56. The van der Waals surface area contributed by atoms with E-state index in [4.69, 9.17) is 9.40 Å². The van der Waals surface area contributed by atoms with Crippen molar-refractivity contribution in [3.63, 3.8) is 0 Å². The van der Waals surface area contributed by atoms with E-state index in [0.717, 1.165) is 49.7 Å². The smallest absolute Gasteiger partial charge is 0.255 e. The fraction of sp³-hybridized carbons (Fsp3) is 0.462. The Bertz CT molecular complexity index is 1180. The Balaban J connectivity index is 1.80. The molecule has 0 bridgehead atoms. The van der Waals surface area contributed by atoms with E-state index in [2.05, 4.69) is 19.2 Å². The maximum absolute atomic E-state index is 12.9. The summed E-state index contributed by atoms with van der Waals surface area (Å²) >= 11 is -2.33. The van der Waals surface area contributed by atoms with E-state index in [-0.39, 0.29) is 12.5 Å². The lowest BCUT2D eigenvalue weighted by Crippen LogP contribution is -2.27. The standard InChI is InChI=1S/C26H33N3O4S/c1-4-6-7-14-29(34(31)32)16-22-20(18-12-13-18)15-21-23(25(30)27-3)24(33-26(21)28-22)19-10-8-17(5-2)9-11-19/h8-11,15,18H,4-7,12-14,16H2,1-3H3,(H,27,30)(H,31,32)/p-1. The van der Waals surface area contributed by atoms with Crippen molar-refractivity contribution in [2.45, 2.75) is 64.8 Å². The van der Waals surface area contributed by atoms with E-state index in [1.165, 1.54) is 9.87 Å². The summed E-state index contributed by atoms with van der Waals surface area (Å²) in [6.45, 7) is 4.85. The lowest BCUT2D eigenvalue weighted by molar-refractivity contribution is 0.0964. The SMILES string of the molecule is CCCCCN(Cc1nc2oc(-c3ccc(CC)cc3)c(C(=O)NC)c2cc1C1CC1)S(=O)[O-]. The summed E-state index contributed by atoms with van der Waals surface area (Å²) in [6, 6.07) is 9.97. The fourth-order valence-electron chi connectivity index (χ4n) is 4.31. The van der Waals surface area contributed by atoms with Gasteiger partial charge in [0.05, 0.1) is 23.2 Å². The quantitative estimate of drug-likeness (QED) is 0.303. The lowest BCUT2D eigenvalue weighted by Gasteiger charge is -2.24. The number of fused-ring (bicyclic) bond motifs is 1. The van der Waals surface area contributed by atoms with Gasteiger partial charge < -0.3 is 14.3 Å². The molecule has 2 aromatic heterocycles. The van der Waals surface area contributed by atoms with Gasteiger partial charge in [-0.3, -0.25) is 9.00 Å². The minimum Gasteiger partial charge on any atom is -0.760 e. The molecule has 34 heavy (non-hydrogen) atoms. The maximum atomic E-state index is 12.9. The van der Waals surface area contributed by atoms with Crippen LogP contribution in [-0.4, -0.2) is 37.6 Å². The van der Waals surface area contributed by atoms with Crippen LogP contribution >= 0.6 is 0 Å². The molecule has 1 N–H and O–H groups in total. The third-order valence-electron chi connectivity index (χ3n) is 6.44. The number of unbranched alkanes of at least 4 members (excludes halogenated alkanes) is 2. The third kappa shape index (κ3) is 5.24.